The van der Waals surface area contributed by atoms with Crippen LogP contribution in [0.2, 0.25) is 0 Å². The van der Waals surface area contributed by atoms with E-state index in [1.54, 1.807) is 31.4 Å². The van der Waals surface area contributed by atoms with Crippen LogP contribution in [0.5, 0.6) is 5.75 Å². The van der Waals surface area contributed by atoms with Crippen molar-refractivity contribution in [3.8, 4) is 5.75 Å². The monoisotopic (exact) mass is 494 g/mol. The van der Waals surface area contributed by atoms with Crippen molar-refractivity contribution in [1.82, 2.24) is 5.32 Å². The summed E-state index contributed by atoms with van der Waals surface area (Å²) < 4.78 is 36.4. The van der Waals surface area contributed by atoms with E-state index >= 15 is 0 Å². The van der Waals surface area contributed by atoms with Crippen LogP contribution in [0.15, 0.2) is 82.7 Å². The van der Waals surface area contributed by atoms with Crippen molar-refractivity contribution in [3.63, 3.8) is 0 Å². The third-order valence-corrected chi connectivity index (χ3v) is 7.10. The smallest absolute Gasteiger partial charge is 0.196 e. The molecule has 0 saturated carbocycles. The molecule has 3 N–H and O–H groups in total. The zero-order chi connectivity index (χ0) is 24.7. The average Bonchev–Trinajstić information content (AvgIpc) is 3.40. The minimum atomic E-state index is -3.48. The molecule has 0 aromatic heterocycles. The molecule has 9 heteroatoms. The maximum Gasteiger partial charge on any atom is 0.196 e. The Morgan fingerprint density at radius 3 is 2.11 bits per heavy atom. The van der Waals surface area contributed by atoms with Crippen LogP contribution in [0.1, 0.15) is 24.2 Å². The summed E-state index contributed by atoms with van der Waals surface area (Å²) in [4.78, 5) is 4.59. The molecule has 0 fully saturated rings. The normalized spacial score (nSPS) is 14.1. The van der Waals surface area contributed by atoms with Gasteiger partial charge in [0, 0.05) is 24.5 Å². The molecule has 0 radical (unpaired) electrons. The molecule has 1 heterocycles. The fourth-order valence-electron chi connectivity index (χ4n) is 3.73. The first-order valence-corrected chi connectivity index (χ1v) is 13.1. The van der Waals surface area contributed by atoms with E-state index in [0.29, 0.717) is 18.0 Å². The van der Waals surface area contributed by atoms with E-state index in [1.165, 1.54) is 0 Å². The first-order chi connectivity index (χ1) is 17.0. The third kappa shape index (κ3) is 6.32. The summed E-state index contributed by atoms with van der Waals surface area (Å²) in [6, 6.07) is 22.1. The van der Waals surface area contributed by atoms with E-state index in [-0.39, 0.29) is 16.9 Å². The lowest BCUT2D eigenvalue weighted by Gasteiger charge is -2.19. The topological polar surface area (TPSA) is 101 Å². The van der Waals surface area contributed by atoms with Gasteiger partial charge in [-0.05, 0) is 66.6 Å². The summed E-state index contributed by atoms with van der Waals surface area (Å²) in [5, 5.41) is 9.46. The van der Waals surface area contributed by atoms with Gasteiger partial charge in [-0.2, -0.15) is 0 Å². The predicted octanol–water partition coefficient (Wildman–Crippen LogP) is 4.04. The molecule has 1 aliphatic rings. The van der Waals surface area contributed by atoms with Crippen molar-refractivity contribution in [2.45, 2.75) is 17.9 Å². The van der Waals surface area contributed by atoms with Gasteiger partial charge in [0.15, 0.2) is 15.8 Å². The summed E-state index contributed by atoms with van der Waals surface area (Å²) in [6.45, 7) is 4.16. The zero-order valence-corrected chi connectivity index (χ0v) is 20.6. The fourth-order valence-corrected chi connectivity index (χ4v) is 4.81. The summed E-state index contributed by atoms with van der Waals surface area (Å²) in [6.07, 6.45) is -0.229. The second-order valence-corrected chi connectivity index (χ2v) is 9.96. The maximum atomic E-state index is 12.6. The van der Waals surface area contributed by atoms with Crippen LogP contribution in [0.3, 0.4) is 0 Å². The summed E-state index contributed by atoms with van der Waals surface area (Å²) in [5.74, 6) is 1.20. The number of nitrogens with zero attached hydrogens (tertiary/aromatic N) is 1. The Balaban J connectivity index is 1.41. The molecule has 0 aliphatic carbocycles. The van der Waals surface area contributed by atoms with E-state index in [0.717, 1.165) is 35.9 Å². The van der Waals surface area contributed by atoms with Crippen LogP contribution >= 0.6 is 0 Å². The number of aliphatic imine (C=N–C) groups is 1. The quantitative estimate of drug-likeness (QED) is 0.391. The number of hydrogen-bond donors (Lipinski definition) is 3. The van der Waals surface area contributed by atoms with Crippen LogP contribution in [-0.4, -0.2) is 47.1 Å². The number of anilines is 2. The first kappa shape index (κ1) is 24.6. The minimum absolute atomic E-state index is 0.206. The van der Waals surface area contributed by atoms with Gasteiger partial charge in [-0.1, -0.05) is 24.3 Å². The number of nitrogens with one attached hydrogen (secondary N) is 3. The largest absolute Gasteiger partial charge is 0.497 e. The average molecular weight is 495 g/mol. The molecule has 0 bridgehead atoms. The molecule has 0 saturated heterocycles. The van der Waals surface area contributed by atoms with Gasteiger partial charge in [0.25, 0.3) is 0 Å². The van der Waals surface area contributed by atoms with Crippen LogP contribution in [0.25, 0.3) is 0 Å². The third-order valence-electron chi connectivity index (χ3n) is 5.58. The highest BCUT2D eigenvalue weighted by Crippen LogP contribution is 2.28. The van der Waals surface area contributed by atoms with Crippen LogP contribution in [0, 0.1) is 0 Å². The van der Waals surface area contributed by atoms with Crippen LogP contribution < -0.4 is 20.7 Å². The first-order valence-electron chi connectivity index (χ1n) is 11.5. The standard InChI is InChI=1S/C26H30N4O4S/c1-3-34-25(20-6-10-22(11-7-20)30-26-27-16-17-28-26)19-4-8-21(9-5-19)29-18-35(31,32)24-14-12-23(33-2)13-15-24/h4-15,25,29H,3,16-18H2,1-2H3,(H2,27,28,30). The van der Waals surface area contributed by atoms with Gasteiger partial charge in [0.1, 0.15) is 17.7 Å². The van der Waals surface area contributed by atoms with Gasteiger partial charge in [0.2, 0.25) is 0 Å². The Bertz CT molecular complexity index is 1240. The molecule has 0 spiro atoms. The van der Waals surface area contributed by atoms with E-state index < -0.39 is 9.84 Å². The van der Waals surface area contributed by atoms with Crippen molar-refractivity contribution in [1.29, 1.82) is 0 Å². The molecular weight excluding hydrogens is 464 g/mol. The Morgan fingerprint density at radius 2 is 1.57 bits per heavy atom. The molecule has 0 amide bonds. The Kier molecular flexibility index (Phi) is 7.89. The highest BCUT2D eigenvalue weighted by molar-refractivity contribution is 7.91. The van der Waals surface area contributed by atoms with Gasteiger partial charge in [-0.15, -0.1) is 0 Å². The van der Waals surface area contributed by atoms with E-state index in [1.807, 2.05) is 55.5 Å². The van der Waals surface area contributed by atoms with Gasteiger partial charge < -0.3 is 25.4 Å². The maximum absolute atomic E-state index is 12.6. The lowest BCUT2D eigenvalue weighted by atomic mass is 10.0. The highest BCUT2D eigenvalue weighted by Gasteiger charge is 2.17. The van der Waals surface area contributed by atoms with E-state index in [9.17, 15) is 8.42 Å². The second kappa shape index (κ2) is 11.2. The Labute approximate surface area is 206 Å². The second-order valence-electron chi connectivity index (χ2n) is 7.97. The van der Waals surface area contributed by atoms with E-state index in [4.69, 9.17) is 9.47 Å². The molecule has 1 aliphatic heterocycles. The summed E-state index contributed by atoms with van der Waals surface area (Å²) in [5.41, 5.74) is 3.68. The van der Waals surface area contributed by atoms with Crippen LogP contribution in [0.4, 0.5) is 11.4 Å². The minimum Gasteiger partial charge on any atom is -0.497 e. The van der Waals surface area contributed by atoms with Crippen LogP contribution in [-0.2, 0) is 14.6 Å². The van der Waals surface area contributed by atoms with Gasteiger partial charge in [-0.25, -0.2) is 8.42 Å². The van der Waals surface area contributed by atoms with Crippen molar-refractivity contribution in [3.05, 3.63) is 83.9 Å². The number of hydrogen-bond acceptors (Lipinski definition) is 8. The molecular formula is C26H30N4O4S. The van der Waals surface area contributed by atoms with Crippen molar-refractivity contribution in [2.24, 2.45) is 4.99 Å². The summed E-state index contributed by atoms with van der Waals surface area (Å²) >= 11 is 0. The molecule has 3 aromatic carbocycles. The lowest BCUT2D eigenvalue weighted by Crippen LogP contribution is -2.26. The highest BCUT2D eigenvalue weighted by atomic mass is 32.2. The molecule has 35 heavy (non-hydrogen) atoms. The molecule has 184 valence electrons. The lowest BCUT2D eigenvalue weighted by molar-refractivity contribution is 0.0914. The predicted molar refractivity (Wildman–Crippen MR) is 139 cm³/mol. The molecule has 8 nitrogen and oxygen atoms in total. The number of benzene rings is 3. The number of rotatable bonds is 10. The number of ether oxygens (including phenoxy) is 2. The molecule has 1 unspecified atom stereocenters. The summed E-state index contributed by atoms with van der Waals surface area (Å²) in [7, 11) is -1.94. The molecule has 4 rings (SSSR count). The Hall–Kier alpha value is -3.56. The number of guanidine groups is 1. The zero-order valence-electron chi connectivity index (χ0n) is 19.8. The number of sulfone groups is 1. The van der Waals surface area contributed by atoms with E-state index in [2.05, 4.69) is 20.9 Å². The van der Waals surface area contributed by atoms with Crippen molar-refractivity contribution < 1.29 is 17.9 Å². The SMILES string of the molecule is CCOC(c1ccc(NCS(=O)(=O)c2ccc(OC)cc2)cc1)c1ccc(NC2=NCCN2)cc1. The molecule has 3 aromatic rings. The molecule has 1 atom stereocenters. The van der Waals surface area contributed by atoms with Crippen molar-refractivity contribution >= 4 is 27.2 Å². The van der Waals surface area contributed by atoms with Gasteiger partial charge >= 0.3 is 0 Å². The van der Waals surface area contributed by atoms with Gasteiger partial charge in [0.05, 0.1) is 18.6 Å². The van der Waals surface area contributed by atoms with Gasteiger partial charge in [-0.3, -0.25) is 4.99 Å². The fraction of sp³-hybridized carbons (Fsp3) is 0.269. The van der Waals surface area contributed by atoms with Crippen molar-refractivity contribution in [2.75, 3.05) is 43.3 Å². The number of methoxy groups -OCH3 is 1. The Morgan fingerprint density at radius 1 is 0.943 bits per heavy atom.